The van der Waals surface area contributed by atoms with Crippen LogP contribution in [0.25, 0.3) is 10.2 Å². The lowest BCUT2D eigenvalue weighted by Crippen LogP contribution is -2.21. The van der Waals surface area contributed by atoms with Gasteiger partial charge in [0.05, 0.1) is 10.2 Å². The normalized spacial score (nSPS) is 10.8. The first-order valence-electron chi connectivity index (χ1n) is 9.02. The molecule has 1 heterocycles. The van der Waals surface area contributed by atoms with Gasteiger partial charge in [-0.05, 0) is 44.0 Å². The molecule has 1 amide bonds. The predicted molar refractivity (Wildman–Crippen MR) is 115 cm³/mol. The molecule has 7 heteroatoms. The van der Waals surface area contributed by atoms with Crippen LogP contribution < -0.4 is 5.32 Å². The smallest absolute Gasteiger partial charge is 0.306 e. The molecule has 0 fully saturated rings. The molecule has 0 unspecified atom stereocenters. The number of hydrogen-bond donors (Lipinski definition) is 1. The van der Waals surface area contributed by atoms with E-state index >= 15 is 0 Å². The van der Waals surface area contributed by atoms with Gasteiger partial charge in [0, 0.05) is 17.9 Å². The first-order chi connectivity index (χ1) is 13.5. The predicted octanol–water partition coefficient (Wildman–Crippen LogP) is 4.97. The number of nitrogens with one attached hydrogen (secondary N) is 1. The number of anilines is 1. The van der Waals surface area contributed by atoms with Crippen LogP contribution in [0.15, 0.2) is 46.8 Å². The molecule has 0 saturated carbocycles. The highest BCUT2D eigenvalue weighted by Crippen LogP contribution is 2.29. The van der Waals surface area contributed by atoms with E-state index in [0.29, 0.717) is 6.42 Å². The first-order valence-corrected chi connectivity index (χ1v) is 10.8. The summed E-state index contributed by atoms with van der Waals surface area (Å²) in [6.07, 6.45) is 0.965. The van der Waals surface area contributed by atoms with Gasteiger partial charge in [-0.2, -0.15) is 0 Å². The van der Waals surface area contributed by atoms with Gasteiger partial charge in [-0.3, -0.25) is 9.59 Å². The zero-order valence-electron chi connectivity index (χ0n) is 15.9. The van der Waals surface area contributed by atoms with Crippen molar-refractivity contribution in [2.45, 2.75) is 31.0 Å². The summed E-state index contributed by atoms with van der Waals surface area (Å²) in [7, 11) is 0. The largest absolute Gasteiger partial charge is 0.456 e. The minimum Gasteiger partial charge on any atom is -0.456 e. The summed E-state index contributed by atoms with van der Waals surface area (Å²) in [5.41, 5.74) is 3.85. The van der Waals surface area contributed by atoms with Gasteiger partial charge in [-0.25, -0.2) is 4.98 Å². The number of amides is 1. The number of benzene rings is 2. The molecule has 0 atom stereocenters. The van der Waals surface area contributed by atoms with E-state index in [2.05, 4.69) is 16.4 Å². The Labute approximate surface area is 172 Å². The van der Waals surface area contributed by atoms with E-state index in [0.717, 1.165) is 32.4 Å². The van der Waals surface area contributed by atoms with Crippen molar-refractivity contribution in [2.75, 3.05) is 17.7 Å². The second kappa shape index (κ2) is 9.71. The number of aryl methyl sites for hydroxylation is 2. The van der Waals surface area contributed by atoms with Crippen LogP contribution >= 0.6 is 23.1 Å². The first kappa shape index (κ1) is 20.4. The minimum atomic E-state index is -0.360. The Morgan fingerprint density at radius 2 is 2.00 bits per heavy atom. The van der Waals surface area contributed by atoms with E-state index in [1.165, 1.54) is 4.70 Å². The monoisotopic (exact) mass is 414 g/mol. The number of carbonyl (C=O) groups excluding carboxylic acids is 2. The van der Waals surface area contributed by atoms with E-state index in [1.807, 2.05) is 50.2 Å². The number of ether oxygens (including phenoxy) is 1. The summed E-state index contributed by atoms with van der Waals surface area (Å²) < 4.78 is 7.23. The second-order valence-corrected chi connectivity index (χ2v) is 8.80. The summed E-state index contributed by atoms with van der Waals surface area (Å²) in [4.78, 5) is 28.3. The van der Waals surface area contributed by atoms with Gasteiger partial charge in [-0.15, -0.1) is 11.3 Å². The molecule has 1 aromatic heterocycles. The Morgan fingerprint density at radius 1 is 1.18 bits per heavy atom. The summed E-state index contributed by atoms with van der Waals surface area (Å²) in [5.74, 6) is 0.0915. The number of thiazole rings is 1. The van der Waals surface area contributed by atoms with Gasteiger partial charge in [0.1, 0.15) is 0 Å². The van der Waals surface area contributed by atoms with E-state index in [9.17, 15) is 9.59 Å². The van der Waals surface area contributed by atoms with E-state index in [-0.39, 0.29) is 24.9 Å². The summed E-state index contributed by atoms with van der Waals surface area (Å²) in [6.45, 7) is 3.66. The third-order valence-corrected chi connectivity index (χ3v) is 6.31. The highest BCUT2D eigenvalue weighted by Gasteiger charge is 2.10. The molecule has 0 spiro atoms. The van der Waals surface area contributed by atoms with Gasteiger partial charge >= 0.3 is 5.97 Å². The van der Waals surface area contributed by atoms with Crippen LogP contribution in [0.4, 0.5) is 5.69 Å². The maximum atomic E-state index is 12.0. The lowest BCUT2D eigenvalue weighted by Gasteiger charge is -2.09. The van der Waals surface area contributed by atoms with E-state index in [4.69, 9.17) is 4.74 Å². The van der Waals surface area contributed by atoms with Crippen LogP contribution in [-0.2, 0) is 14.3 Å². The second-order valence-electron chi connectivity index (χ2n) is 6.43. The Morgan fingerprint density at radius 3 is 2.79 bits per heavy atom. The van der Waals surface area contributed by atoms with Gasteiger partial charge < -0.3 is 10.1 Å². The topological polar surface area (TPSA) is 68.3 Å². The zero-order valence-corrected chi connectivity index (χ0v) is 17.5. The molecule has 3 aromatic rings. The molecule has 0 saturated heterocycles. The SMILES string of the molecule is Cc1ccc(NC(=O)COC(=O)CCCSc2nc3ccccc3s2)c(C)c1. The van der Waals surface area contributed by atoms with Crippen molar-refractivity contribution in [3.05, 3.63) is 53.6 Å². The average molecular weight is 415 g/mol. The summed E-state index contributed by atoms with van der Waals surface area (Å²) in [6, 6.07) is 13.8. The van der Waals surface area contributed by atoms with Crippen LogP contribution in [-0.4, -0.2) is 29.2 Å². The number of thioether (sulfide) groups is 1. The maximum absolute atomic E-state index is 12.0. The molecule has 0 aliphatic rings. The number of esters is 1. The number of rotatable bonds is 8. The van der Waals surface area contributed by atoms with Gasteiger partial charge in [0.2, 0.25) is 0 Å². The van der Waals surface area contributed by atoms with Crippen molar-refractivity contribution < 1.29 is 14.3 Å². The Hall–Kier alpha value is -2.38. The molecule has 0 aliphatic carbocycles. The maximum Gasteiger partial charge on any atom is 0.306 e. The summed E-state index contributed by atoms with van der Waals surface area (Å²) in [5, 5.41) is 2.77. The number of aromatic nitrogens is 1. The van der Waals surface area contributed by atoms with E-state index < -0.39 is 0 Å². The quantitative estimate of drug-likeness (QED) is 0.320. The van der Waals surface area contributed by atoms with Crippen LogP contribution in [0, 0.1) is 13.8 Å². The molecule has 146 valence electrons. The molecule has 0 bridgehead atoms. The molecule has 28 heavy (non-hydrogen) atoms. The molecule has 2 aromatic carbocycles. The van der Waals surface area contributed by atoms with Gasteiger partial charge in [-0.1, -0.05) is 41.6 Å². The van der Waals surface area contributed by atoms with Crippen molar-refractivity contribution in [1.29, 1.82) is 0 Å². The third-order valence-electron chi connectivity index (χ3n) is 4.05. The highest BCUT2D eigenvalue weighted by atomic mass is 32.2. The molecule has 1 N–H and O–H groups in total. The van der Waals surface area contributed by atoms with Crippen LogP contribution in [0.5, 0.6) is 0 Å². The van der Waals surface area contributed by atoms with Crippen molar-refractivity contribution in [3.8, 4) is 0 Å². The number of nitrogens with zero attached hydrogens (tertiary/aromatic N) is 1. The molecular formula is C21H22N2O3S2. The molecule has 3 rings (SSSR count). The van der Waals surface area contributed by atoms with Crippen molar-refractivity contribution in [3.63, 3.8) is 0 Å². The molecule has 5 nitrogen and oxygen atoms in total. The van der Waals surface area contributed by atoms with Crippen molar-refractivity contribution in [2.24, 2.45) is 0 Å². The number of hydrogen-bond acceptors (Lipinski definition) is 6. The Kier molecular flexibility index (Phi) is 7.06. The van der Waals surface area contributed by atoms with Gasteiger partial charge in [0.15, 0.2) is 10.9 Å². The minimum absolute atomic E-state index is 0.267. The van der Waals surface area contributed by atoms with Gasteiger partial charge in [0.25, 0.3) is 5.91 Å². The van der Waals surface area contributed by atoms with Crippen LogP contribution in [0.1, 0.15) is 24.0 Å². The Balaban J connectivity index is 1.34. The lowest BCUT2D eigenvalue weighted by molar-refractivity contribution is -0.147. The fraction of sp³-hybridized carbons (Fsp3) is 0.286. The Bertz CT molecular complexity index is 952. The fourth-order valence-corrected chi connectivity index (χ4v) is 4.73. The highest BCUT2D eigenvalue weighted by molar-refractivity contribution is 8.01. The fourth-order valence-electron chi connectivity index (χ4n) is 2.65. The lowest BCUT2D eigenvalue weighted by atomic mass is 10.1. The zero-order chi connectivity index (χ0) is 19.9. The molecule has 0 aliphatic heterocycles. The third kappa shape index (κ3) is 5.81. The van der Waals surface area contributed by atoms with Crippen molar-refractivity contribution >= 4 is 50.9 Å². The average Bonchev–Trinajstić information content (AvgIpc) is 3.09. The summed E-state index contributed by atoms with van der Waals surface area (Å²) >= 11 is 3.29. The standard InChI is InChI=1S/C21H22N2O3S2/c1-14-9-10-16(15(2)12-14)22-19(24)13-26-20(25)8-5-11-27-21-23-17-6-3-4-7-18(17)28-21/h3-4,6-7,9-10,12H,5,8,11,13H2,1-2H3,(H,22,24). The van der Waals surface area contributed by atoms with Crippen molar-refractivity contribution in [1.82, 2.24) is 4.98 Å². The molecular weight excluding hydrogens is 392 g/mol. The number of carbonyl (C=O) groups is 2. The molecule has 0 radical (unpaired) electrons. The van der Waals surface area contributed by atoms with E-state index in [1.54, 1.807) is 23.1 Å². The van der Waals surface area contributed by atoms with Crippen LogP contribution in [0.2, 0.25) is 0 Å². The van der Waals surface area contributed by atoms with Crippen LogP contribution in [0.3, 0.4) is 0 Å². The number of fused-ring (bicyclic) bond motifs is 1. The number of para-hydroxylation sites is 1.